The molecule has 1 N–H and O–H groups in total. The van der Waals surface area contributed by atoms with Gasteiger partial charge in [-0.1, -0.05) is 52.0 Å². The van der Waals surface area contributed by atoms with Gasteiger partial charge in [0, 0.05) is 12.7 Å². The Balaban J connectivity index is 2.29. The normalized spacial score (nSPS) is 12.8. The van der Waals surface area contributed by atoms with Crippen molar-refractivity contribution in [1.82, 2.24) is 0 Å². The molecule has 1 unspecified atom stereocenters. The monoisotopic (exact) mass is 311 g/mol. The highest BCUT2D eigenvalue weighted by Crippen LogP contribution is 2.38. The maximum Gasteiger partial charge on any atom is 0.118 e. The van der Waals surface area contributed by atoms with E-state index in [1.54, 1.807) is 7.11 Å². The lowest BCUT2D eigenvalue weighted by Crippen LogP contribution is -2.17. The molecule has 0 amide bonds. The minimum Gasteiger partial charge on any atom is -0.497 e. The summed E-state index contributed by atoms with van der Waals surface area (Å²) < 4.78 is 5.23. The molecule has 0 radical (unpaired) electrons. The minimum absolute atomic E-state index is 0.240. The van der Waals surface area contributed by atoms with Crippen LogP contribution in [0.1, 0.15) is 50.3 Å². The maximum atomic E-state index is 5.23. The van der Waals surface area contributed by atoms with Crippen molar-refractivity contribution in [3.63, 3.8) is 0 Å². The van der Waals surface area contributed by atoms with Crippen LogP contribution in [0.3, 0.4) is 0 Å². The zero-order chi connectivity index (χ0) is 17.0. The van der Waals surface area contributed by atoms with Crippen molar-refractivity contribution in [3.8, 4) is 5.75 Å². The van der Waals surface area contributed by atoms with Crippen LogP contribution in [0, 0.1) is 5.41 Å². The highest BCUT2D eigenvalue weighted by Gasteiger charge is 2.24. The largest absolute Gasteiger partial charge is 0.497 e. The molecule has 0 spiro atoms. The molecule has 124 valence electrons. The van der Waals surface area contributed by atoms with Gasteiger partial charge in [0.2, 0.25) is 0 Å². The Morgan fingerprint density at radius 2 is 1.61 bits per heavy atom. The van der Waals surface area contributed by atoms with Gasteiger partial charge in [-0.2, -0.15) is 0 Å². The third-order valence-corrected chi connectivity index (χ3v) is 4.72. The molecule has 0 heterocycles. The van der Waals surface area contributed by atoms with Gasteiger partial charge < -0.3 is 10.1 Å². The Labute approximate surface area is 140 Å². The molecule has 0 saturated heterocycles. The SMILES string of the molecule is CNc1ccc(Cc2ccc(OC)cc2)cc1C(C)C(C)(C)C. The van der Waals surface area contributed by atoms with Gasteiger partial charge in [-0.15, -0.1) is 0 Å². The zero-order valence-corrected chi connectivity index (χ0v) is 15.2. The topological polar surface area (TPSA) is 21.3 Å². The minimum atomic E-state index is 0.240. The van der Waals surface area contributed by atoms with Crippen molar-refractivity contribution in [2.24, 2.45) is 5.41 Å². The van der Waals surface area contributed by atoms with Crippen LogP contribution in [0.5, 0.6) is 5.75 Å². The molecule has 0 aliphatic rings. The molecule has 0 bridgehead atoms. The van der Waals surface area contributed by atoms with Gasteiger partial charge in [0.15, 0.2) is 0 Å². The second kappa shape index (κ2) is 7.08. The average Bonchev–Trinajstić information content (AvgIpc) is 2.54. The predicted molar refractivity (Wildman–Crippen MR) is 99.7 cm³/mol. The van der Waals surface area contributed by atoms with E-state index in [9.17, 15) is 0 Å². The van der Waals surface area contributed by atoms with Crippen LogP contribution in [0.4, 0.5) is 5.69 Å². The molecule has 2 nitrogen and oxygen atoms in total. The number of methoxy groups -OCH3 is 1. The van der Waals surface area contributed by atoms with E-state index in [0.717, 1.165) is 12.2 Å². The van der Waals surface area contributed by atoms with Crippen molar-refractivity contribution < 1.29 is 4.74 Å². The molecular formula is C21H29NO. The number of hydrogen-bond acceptors (Lipinski definition) is 2. The van der Waals surface area contributed by atoms with Crippen molar-refractivity contribution in [1.29, 1.82) is 0 Å². The number of benzene rings is 2. The fraction of sp³-hybridized carbons (Fsp3) is 0.429. The van der Waals surface area contributed by atoms with Crippen LogP contribution < -0.4 is 10.1 Å². The molecule has 23 heavy (non-hydrogen) atoms. The smallest absolute Gasteiger partial charge is 0.118 e. The van der Waals surface area contributed by atoms with Gasteiger partial charge in [0.1, 0.15) is 5.75 Å². The Bertz CT molecular complexity index is 638. The summed E-state index contributed by atoms with van der Waals surface area (Å²) in [4.78, 5) is 0. The Hall–Kier alpha value is -1.96. The number of anilines is 1. The van der Waals surface area contributed by atoms with Crippen LogP contribution in [-0.2, 0) is 6.42 Å². The summed E-state index contributed by atoms with van der Waals surface area (Å²) in [6, 6.07) is 15.1. The van der Waals surface area contributed by atoms with E-state index in [4.69, 9.17) is 4.74 Å². The van der Waals surface area contributed by atoms with E-state index >= 15 is 0 Å². The molecular weight excluding hydrogens is 282 g/mol. The van der Waals surface area contributed by atoms with Crippen molar-refractivity contribution >= 4 is 5.69 Å². The average molecular weight is 311 g/mol. The molecule has 1 atom stereocenters. The molecule has 0 fully saturated rings. The number of hydrogen-bond donors (Lipinski definition) is 1. The molecule has 0 aliphatic carbocycles. The third-order valence-electron chi connectivity index (χ3n) is 4.72. The van der Waals surface area contributed by atoms with Gasteiger partial charge in [0.25, 0.3) is 0 Å². The second-order valence-corrected chi connectivity index (χ2v) is 7.28. The number of ether oxygens (including phenoxy) is 1. The summed E-state index contributed by atoms with van der Waals surface area (Å²) in [6.07, 6.45) is 0.942. The van der Waals surface area contributed by atoms with Gasteiger partial charge >= 0.3 is 0 Å². The lowest BCUT2D eigenvalue weighted by atomic mass is 9.76. The second-order valence-electron chi connectivity index (χ2n) is 7.28. The van der Waals surface area contributed by atoms with Gasteiger partial charge in [-0.3, -0.25) is 0 Å². The summed E-state index contributed by atoms with van der Waals surface area (Å²) in [5, 5.41) is 3.34. The Morgan fingerprint density at radius 3 is 2.13 bits per heavy atom. The first-order chi connectivity index (χ1) is 10.8. The van der Waals surface area contributed by atoms with Crippen molar-refractivity contribution in [3.05, 3.63) is 59.2 Å². The van der Waals surface area contributed by atoms with E-state index in [0.29, 0.717) is 5.92 Å². The van der Waals surface area contributed by atoms with Crippen molar-refractivity contribution in [2.75, 3.05) is 19.5 Å². The molecule has 0 aliphatic heterocycles. The number of rotatable bonds is 5. The quantitative estimate of drug-likeness (QED) is 0.789. The lowest BCUT2D eigenvalue weighted by Gasteiger charge is -2.29. The van der Waals surface area contributed by atoms with E-state index in [2.05, 4.69) is 63.3 Å². The van der Waals surface area contributed by atoms with Crippen molar-refractivity contribution in [2.45, 2.75) is 40.0 Å². The fourth-order valence-corrected chi connectivity index (χ4v) is 2.75. The maximum absolute atomic E-state index is 5.23. The van der Waals surface area contributed by atoms with Crippen LogP contribution in [0.2, 0.25) is 0 Å². The first kappa shape index (κ1) is 17.4. The summed E-state index contributed by atoms with van der Waals surface area (Å²) in [5.74, 6) is 1.39. The van der Waals surface area contributed by atoms with Gasteiger partial charge in [0.05, 0.1) is 7.11 Å². The van der Waals surface area contributed by atoms with E-state index in [-0.39, 0.29) is 5.41 Å². The number of nitrogens with one attached hydrogen (secondary N) is 1. The van der Waals surface area contributed by atoms with E-state index < -0.39 is 0 Å². The summed E-state index contributed by atoms with van der Waals surface area (Å²) >= 11 is 0. The molecule has 2 aromatic carbocycles. The first-order valence-corrected chi connectivity index (χ1v) is 8.28. The molecule has 2 rings (SSSR count). The lowest BCUT2D eigenvalue weighted by molar-refractivity contribution is 0.340. The zero-order valence-electron chi connectivity index (χ0n) is 15.2. The summed E-state index contributed by atoms with van der Waals surface area (Å²) in [5.41, 5.74) is 5.51. The summed E-state index contributed by atoms with van der Waals surface area (Å²) in [7, 11) is 3.70. The van der Waals surface area contributed by atoms with Crippen LogP contribution in [-0.4, -0.2) is 14.2 Å². The van der Waals surface area contributed by atoms with Crippen LogP contribution in [0.15, 0.2) is 42.5 Å². The fourth-order valence-electron chi connectivity index (χ4n) is 2.75. The molecule has 2 aromatic rings. The van der Waals surface area contributed by atoms with E-state index in [1.165, 1.54) is 22.4 Å². The Morgan fingerprint density at radius 1 is 1.00 bits per heavy atom. The first-order valence-electron chi connectivity index (χ1n) is 8.28. The molecule has 0 saturated carbocycles. The molecule has 0 aromatic heterocycles. The highest BCUT2D eigenvalue weighted by atomic mass is 16.5. The van der Waals surface area contributed by atoms with Gasteiger partial charge in [-0.05, 0) is 52.6 Å². The van der Waals surface area contributed by atoms with Gasteiger partial charge in [-0.25, -0.2) is 0 Å². The summed E-state index contributed by atoms with van der Waals surface area (Å²) in [6.45, 7) is 9.21. The third kappa shape index (κ3) is 4.28. The molecule has 2 heteroatoms. The predicted octanol–water partition coefficient (Wildman–Crippen LogP) is 5.48. The van der Waals surface area contributed by atoms with E-state index in [1.807, 2.05) is 19.2 Å². The van der Waals surface area contributed by atoms with Crippen LogP contribution in [0.25, 0.3) is 0 Å². The van der Waals surface area contributed by atoms with Crippen LogP contribution >= 0.6 is 0 Å². The highest BCUT2D eigenvalue weighted by molar-refractivity contribution is 5.55. The standard InChI is InChI=1S/C21H29NO/c1-15(21(2,3)4)19-14-17(9-12-20(19)22-5)13-16-7-10-18(23-6)11-8-16/h7-12,14-15,22H,13H2,1-6H3. The Kier molecular flexibility index (Phi) is 5.35.